The van der Waals surface area contributed by atoms with Crippen LogP contribution in [0.5, 0.6) is 0 Å². The van der Waals surface area contributed by atoms with Crippen LogP contribution in [-0.2, 0) is 30.6 Å². The van der Waals surface area contributed by atoms with E-state index in [0.717, 1.165) is 31.5 Å². The number of carboxylic acids is 1. The van der Waals surface area contributed by atoms with E-state index in [1.54, 1.807) is 0 Å². The Kier molecular flexibility index (Phi) is 6.18. The molecule has 0 heterocycles. The van der Waals surface area contributed by atoms with Gasteiger partial charge >= 0.3 is 5.97 Å². The van der Waals surface area contributed by atoms with Crippen molar-refractivity contribution in [1.29, 1.82) is 0 Å². The van der Waals surface area contributed by atoms with Crippen molar-refractivity contribution in [2.45, 2.75) is 45.1 Å². The molecular formula is C27H28NO2. The standard InChI is InChI=1S/C27H28NO2/c1-2-28(19-21-13-11-20(12-14-21)17-27(29)30)26-10-6-5-9-25(26)24-16-15-22-7-3-4-8-23(22)18-24/h4-14,24H,2,15-19H2,1H3,(H,29,30)/t24-/m1/s1. The van der Waals surface area contributed by atoms with Gasteiger partial charge in [0.15, 0.2) is 0 Å². The number of nitrogens with zero attached hydrogens (tertiary/aromatic N) is 1. The van der Waals surface area contributed by atoms with Crippen molar-refractivity contribution < 1.29 is 9.90 Å². The first-order valence-corrected chi connectivity index (χ1v) is 10.8. The molecule has 153 valence electrons. The third kappa shape index (κ3) is 4.56. The van der Waals surface area contributed by atoms with E-state index in [-0.39, 0.29) is 6.42 Å². The van der Waals surface area contributed by atoms with E-state index >= 15 is 0 Å². The second-order valence-corrected chi connectivity index (χ2v) is 8.09. The molecule has 0 aliphatic heterocycles. The Labute approximate surface area is 179 Å². The van der Waals surface area contributed by atoms with Crippen LogP contribution in [0.2, 0.25) is 0 Å². The van der Waals surface area contributed by atoms with Gasteiger partial charge in [-0.2, -0.15) is 0 Å². The minimum Gasteiger partial charge on any atom is -0.481 e. The lowest BCUT2D eigenvalue weighted by Gasteiger charge is -2.31. The molecule has 3 aromatic rings. The highest BCUT2D eigenvalue weighted by atomic mass is 16.4. The maximum Gasteiger partial charge on any atom is 0.307 e. The van der Waals surface area contributed by atoms with Gasteiger partial charge in [-0.25, -0.2) is 0 Å². The number of aliphatic carboxylic acids is 1. The average molecular weight is 399 g/mol. The Hall–Kier alpha value is -3.07. The summed E-state index contributed by atoms with van der Waals surface area (Å²) in [6, 6.07) is 26.4. The molecular weight excluding hydrogens is 370 g/mol. The number of hydrogen-bond donors (Lipinski definition) is 1. The molecule has 0 amide bonds. The molecule has 0 fully saturated rings. The van der Waals surface area contributed by atoms with Crippen LogP contribution in [0.3, 0.4) is 0 Å². The summed E-state index contributed by atoms with van der Waals surface area (Å²) in [5.41, 5.74) is 7.68. The number of hydrogen-bond acceptors (Lipinski definition) is 2. The van der Waals surface area contributed by atoms with E-state index in [1.807, 2.05) is 18.2 Å². The normalized spacial score (nSPS) is 15.4. The topological polar surface area (TPSA) is 40.5 Å². The first kappa shape index (κ1) is 20.2. The van der Waals surface area contributed by atoms with Crippen molar-refractivity contribution in [3.05, 3.63) is 101 Å². The molecule has 1 N–H and O–H groups in total. The van der Waals surface area contributed by atoms with Crippen molar-refractivity contribution in [3.8, 4) is 0 Å². The van der Waals surface area contributed by atoms with Gasteiger partial charge in [-0.3, -0.25) is 4.79 Å². The molecule has 3 nitrogen and oxygen atoms in total. The molecule has 0 unspecified atom stereocenters. The zero-order valence-corrected chi connectivity index (χ0v) is 17.5. The van der Waals surface area contributed by atoms with E-state index in [9.17, 15) is 4.79 Å². The van der Waals surface area contributed by atoms with Crippen molar-refractivity contribution in [3.63, 3.8) is 0 Å². The summed E-state index contributed by atoms with van der Waals surface area (Å²) < 4.78 is 0. The second kappa shape index (κ2) is 9.17. The molecule has 0 spiro atoms. The lowest BCUT2D eigenvalue weighted by Crippen LogP contribution is -2.25. The van der Waals surface area contributed by atoms with Gasteiger partial charge in [0.1, 0.15) is 0 Å². The molecule has 0 saturated carbocycles. The van der Waals surface area contributed by atoms with Crippen molar-refractivity contribution in [2.75, 3.05) is 11.4 Å². The Morgan fingerprint density at radius 2 is 1.83 bits per heavy atom. The van der Waals surface area contributed by atoms with Crippen LogP contribution in [0.4, 0.5) is 5.69 Å². The molecule has 1 atom stereocenters. The summed E-state index contributed by atoms with van der Waals surface area (Å²) in [7, 11) is 0. The van der Waals surface area contributed by atoms with Gasteiger partial charge in [0.2, 0.25) is 0 Å². The Bertz CT molecular complexity index is 1010. The summed E-state index contributed by atoms with van der Waals surface area (Å²) in [5, 5.41) is 8.97. The number of carbonyl (C=O) groups is 1. The molecule has 3 aromatic carbocycles. The monoisotopic (exact) mass is 398 g/mol. The fourth-order valence-corrected chi connectivity index (χ4v) is 4.54. The van der Waals surface area contributed by atoms with Crippen LogP contribution in [-0.4, -0.2) is 17.6 Å². The van der Waals surface area contributed by atoms with E-state index in [0.29, 0.717) is 5.92 Å². The largest absolute Gasteiger partial charge is 0.481 e. The fraction of sp³-hybridized carbons (Fsp3) is 0.296. The third-order valence-corrected chi connectivity index (χ3v) is 6.13. The first-order chi connectivity index (χ1) is 14.6. The van der Waals surface area contributed by atoms with E-state index < -0.39 is 5.97 Å². The maximum atomic E-state index is 10.9. The Balaban J connectivity index is 1.55. The van der Waals surface area contributed by atoms with Crippen LogP contribution in [0.15, 0.2) is 66.7 Å². The molecule has 1 aliphatic carbocycles. The number of rotatable bonds is 7. The zero-order valence-electron chi connectivity index (χ0n) is 17.5. The van der Waals surface area contributed by atoms with Crippen LogP contribution in [0.25, 0.3) is 0 Å². The molecule has 0 saturated heterocycles. The summed E-state index contributed by atoms with van der Waals surface area (Å²) in [6.07, 6.45) is 3.44. The van der Waals surface area contributed by atoms with Gasteiger partial charge < -0.3 is 10.0 Å². The smallest absolute Gasteiger partial charge is 0.307 e. The van der Waals surface area contributed by atoms with Crippen LogP contribution >= 0.6 is 0 Å². The lowest BCUT2D eigenvalue weighted by atomic mass is 9.79. The van der Waals surface area contributed by atoms with E-state index in [2.05, 4.69) is 66.4 Å². The molecule has 1 aliphatic rings. The number of carboxylic acid groups (broad SMARTS) is 1. The molecule has 0 aromatic heterocycles. The van der Waals surface area contributed by atoms with Gasteiger partial charge in [0.05, 0.1) is 6.42 Å². The first-order valence-electron chi connectivity index (χ1n) is 10.8. The molecule has 30 heavy (non-hydrogen) atoms. The lowest BCUT2D eigenvalue weighted by molar-refractivity contribution is -0.136. The second-order valence-electron chi connectivity index (χ2n) is 8.09. The van der Waals surface area contributed by atoms with Gasteiger partial charge in [0.25, 0.3) is 0 Å². The minimum absolute atomic E-state index is 0.0710. The van der Waals surface area contributed by atoms with Crippen LogP contribution in [0.1, 0.15) is 47.1 Å². The zero-order chi connectivity index (χ0) is 20.9. The highest BCUT2D eigenvalue weighted by Gasteiger charge is 2.23. The highest BCUT2D eigenvalue weighted by Crippen LogP contribution is 2.37. The predicted molar refractivity (Wildman–Crippen MR) is 121 cm³/mol. The number of anilines is 1. The third-order valence-electron chi connectivity index (χ3n) is 6.13. The molecule has 3 heteroatoms. The number of para-hydroxylation sites is 1. The van der Waals surface area contributed by atoms with E-state index in [4.69, 9.17) is 5.11 Å². The summed E-state index contributed by atoms with van der Waals surface area (Å²) in [5.74, 6) is -0.262. The van der Waals surface area contributed by atoms with Crippen LogP contribution < -0.4 is 4.90 Å². The Morgan fingerprint density at radius 3 is 2.60 bits per heavy atom. The van der Waals surface area contributed by atoms with Gasteiger partial charge in [-0.15, -0.1) is 0 Å². The fourth-order valence-electron chi connectivity index (χ4n) is 4.54. The van der Waals surface area contributed by atoms with Gasteiger partial charge in [-0.05, 0) is 72.1 Å². The summed E-state index contributed by atoms with van der Waals surface area (Å²) in [6.45, 7) is 3.94. The van der Waals surface area contributed by atoms with Crippen molar-refractivity contribution in [1.82, 2.24) is 0 Å². The SMILES string of the molecule is CCN(Cc1ccc(CC(=O)O)cc1)c1ccccc1[C@@H]1CCc2c[c]ccc2C1. The molecule has 1 radical (unpaired) electrons. The summed E-state index contributed by atoms with van der Waals surface area (Å²) >= 11 is 0. The number of benzene rings is 3. The predicted octanol–water partition coefficient (Wildman–Crippen LogP) is 5.41. The Morgan fingerprint density at radius 1 is 1.07 bits per heavy atom. The van der Waals surface area contributed by atoms with Crippen LogP contribution in [0, 0.1) is 6.07 Å². The highest BCUT2D eigenvalue weighted by molar-refractivity contribution is 5.70. The average Bonchev–Trinajstić information content (AvgIpc) is 2.78. The van der Waals surface area contributed by atoms with Crippen molar-refractivity contribution >= 4 is 11.7 Å². The molecule has 0 bridgehead atoms. The maximum absolute atomic E-state index is 10.9. The molecule has 4 rings (SSSR count). The van der Waals surface area contributed by atoms with Gasteiger partial charge in [-0.1, -0.05) is 60.7 Å². The number of fused-ring (bicyclic) bond motifs is 1. The summed E-state index contributed by atoms with van der Waals surface area (Å²) in [4.78, 5) is 13.3. The van der Waals surface area contributed by atoms with E-state index in [1.165, 1.54) is 34.4 Å². The minimum atomic E-state index is -0.793. The van der Waals surface area contributed by atoms with Crippen molar-refractivity contribution in [2.24, 2.45) is 0 Å². The van der Waals surface area contributed by atoms with Gasteiger partial charge in [0, 0.05) is 18.8 Å². The number of aryl methyl sites for hydroxylation is 1. The quantitative estimate of drug-likeness (QED) is 0.578.